The lowest BCUT2D eigenvalue weighted by molar-refractivity contribution is -0.140. The van der Waals surface area contributed by atoms with Gasteiger partial charge in [-0.3, -0.25) is 24.1 Å². The van der Waals surface area contributed by atoms with Crippen LogP contribution in [0.2, 0.25) is 0 Å². The summed E-state index contributed by atoms with van der Waals surface area (Å²) in [6, 6.07) is 8.51. The Morgan fingerprint density at radius 3 is 2.65 bits per heavy atom. The highest BCUT2D eigenvalue weighted by molar-refractivity contribution is 7.09. The summed E-state index contributed by atoms with van der Waals surface area (Å²) >= 11 is 1.50. The van der Waals surface area contributed by atoms with Crippen molar-refractivity contribution in [2.45, 2.75) is 32.2 Å². The van der Waals surface area contributed by atoms with Gasteiger partial charge in [0.1, 0.15) is 11.5 Å². The number of allylic oxidation sites excluding steroid dienone is 6. The Morgan fingerprint density at radius 2 is 1.92 bits per heavy atom. The van der Waals surface area contributed by atoms with Gasteiger partial charge in [-0.2, -0.15) is 0 Å². The van der Waals surface area contributed by atoms with E-state index in [0.717, 1.165) is 10.5 Å². The van der Waals surface area contributed by atoms with Crippen LogP contribution in [-0.2, 0) is 25.7 Å². The second kappa shape index (κ2) is 8.66. The number of phenolic OH excluding ortho intramolecular Hbond substituents is 1. The van der Waals surface area contributed by atoms with E-state index in [-0.39, 0.29) is 42.1 Å². The number of amides is 2. The van der Waals surface area contributed by atoms with Crippen LogP contribution in [0.25, 0.3) is 0 Å². The molecule has 0 bridgehead atoms. The smallest absolute Gasteiger partial charge is 0.234 e. The first-order valence-corrected chi connectivity index (χ1v) is 13.1. The Bertz CT molecular complexity index is 1460. The van der Waals surface area contributed by atoms with Crippen LogP contribution in [0.3, 0.4) is 0 Å². The van der Waals surface area contributed by atoms with Crippen LogP contribution in [0, 0.1) is 17.8 Å². The van der Waals surface area contributed by atoms with Gasteiger partial charge >= 0.3 is 0 Å². The predicted octanol–water partition coefficient (Wildman–Crippen LogP) is 4.09. The van der Waals surface area contributed by atoms with Crippen LogP contribution in [-0.4, -0.2) is 40.5 Å². The number of carbonyl (C=O) groups is 4. The molecule has 2 aromatic rings. The van der Waals surface area contributed by atoms with E-state index in [2.05, 4.69) is 0 Å². The molecular formula is C29H25NO6S. The Kier molecular flexibility index (Phi) is 5.53. The molecule has 0 saturated carbocycles. The third-order valence-corrected chi connectivity index (χ3v) is 8.94. The lowest BCUT2D eigenvalue weighted by Gasteiger charge is -2.42. The van der Waals surface area contributed by atoms with Crippen molar-refractivity contribution < 1.29 is 29.0 Å². The minimum atomic E-state index is -0.611. The summed E-state index contributed by atoms with van der Waals surface area (Å²) in [5.41, 5.74) is 2.68. The molecule has 4 atom stereocenters. The van der Waals surface area contributed by atoms with Gasteiger partial charge in [-0.15, -0.1) is 11.3 Å². The second-order valence-electron chi connectivity index (χ2n) is 10.00. The Balaban J connectivity index is 1.48. The molecule has 3 aliphatic carbocycles. The molecule has 37 heavy (non-hydrogen) atoms. The molecule has 4 aliphatic rings. The van der Waals surface area contributed by atoms with Crippen molar-refractivity contribution in [1.82, 2.24) is 4.90 Å². The molecule has 1 N–H and O–H groups in total. The zero-order chi connectivity index (χ0) is 26.0. The molecule has 7 nitrogen and oxygen atoms in total. The molecule has 0 radical (unpaired) electrons. The Morgan fingerprint density at radius 1 is 1.11 bits per heavy atom. The number of likely N-dealkylation sites (tertiary alicyclic amines) is 1. The van der Waals surface area contributed by atoms with Crippen LogP contribution in [0.4, 0.5) is 0 Å². The molecule has 2 heterocycles. The molecule has 1 fully saturated rings. The Labute approximate surface area is 217 Å². The van der Waals surface area contributed by atoms with Crippen molar-refractivity contribution in [3.05, 3.63) is 80.6 Å². The van der Waals surface area contributed by atoms with Gasteiger partial charge in [-0.1, -0.05) is 23.8 Å². The number of imide groups is 1. The average Bonchev–Trinajstić information content (AvgIpc) is 3.49. The summed E-state index contributed by atoms with van der Waals surface area (Å²) < 4.78 is 5.58. The van der Waals surface area contributed by atoms with E-state index in [4.69, 9.17) is 4.74 Å². The normalized spacial score (nSPS) is 27.0. The molecule has 8 heteroatoms. The first-order chi connectivity index (χ1) is 17.8. The number of nitrogens with zero attached hydrogens (tertiary/aromatic N) is 1. The summed E-state index contributed by atoms with van der Waals surface area (Å²) in [7, 11) is 1.49. The summed E-state index contributed by atoms with van der Waals surface area (Å²) in [4.78, 5) is 56.1. The number of hydrogen-bond acceptors (Lipinski definition) is 7. The van der Waals surface area contributed by atoms with Crippen molar-refractivity contribution >= 4 is 34.7 Å². The molecule has 0 unspecified atom stereocenters. The summed E-state index contributed by atoms with van der Waals surface area (Å²) in [6.45, 7) is 1.88. The number of rotatable bonds is 4. The van der Waals surface area contributed by atoms with E-state index >= 15 is 0 Å². The summed E-state index contributed by atoms with van der Waals surface area (Å²) in [5.74, 6) is -2.52. The molecule has 1 saturated heterocycles. The summed E-state index contributed by atoms with van der Waals surface area (Å²) in [5, 5.41) is 12.0. The second-order valence-corrected chi connectivity index (χ2v) is 11.0. The van der Waals surface area contributed by atoms with E-state index in [9.17, 15) is 24.3 Å². The van der Waals surface area contributed by atoms with E-state index in [1.54, 1.807) is 13.0 Å². The zero-order valence-electron chi connectivity index (χ0n) is 20.4. The first kappa shape index (κ1) is 23.6. The van der Waals surface area contributed by atoms with E-state index in [1.807, 2.05) is 23.6 Å². The number of aromatic hydroxyl groups is 1. The van der Waals surface area contributed by atoms with E-state index < -0.39 is 23.7 Å². The molecule has 188 valence electrons. The minimum Gasteiger partial charge on any atom is -0.508 e. The monoisotopic (exact) mass is 515 g/mol. The van der Waals surface area contributed by atoms with Gasteiger partial charge in [0.15, 0.2) is 11.6 Å². The maximum absolute atomic E-state index is 13.7. The first-order valence-electron chi connectivity index (χ1n) is 12.2. The van der Waals surface area contributed by atoms with Gasteiger partial charge in [0.05, 0.1) is 25.5 Å². The van der Waals surface area contributed by atoms with Gasteiger partial charge in [0.25, 0.3) is 0 Å². The van der Waals surface area contributed by atoms with E-state index in [1.165, 1.54) is 41.6 Å². The fourth-order valence-electron chi connectivity index (χ4n) is 6.43. The molecule has 1 aromatic heterocycles. The fraction of sp³-hybridized carbons (Fsp3) is 0.310. The van der Waals surface area contributed by atoms with Crippen LogP contribution in [0.15, 0.2) is 70.2 Å². The molecule has 0 spiro atoms. The van der Waals surface area contributed by atoms with Crippen LogP contribution in [0.1, 0.15) is 36.1 Å². The number of carbonyl (C=O) groups excluding carboxylic acids is 4. The lowest BCUT2D eigenvalue weighted by atomic mass is 9.59. The number of ketones is 2. The summed E-state index contributed by atoms with van der Waals surface area (Å²) in [6.07, 6.45) is 3.97. The third kappa shape index (κ3) is 3.54. The van der Waals surface area contributed by atoms with Crippen molar-refractivity contribution in [1.29, 1.82) is 0 Å². The van der Waals surface area contributed by atoms with Crippen LogP contribution >= 0.6 is 11.3 Å². The van der Waals surface area contributed by atoms with Crippen molar-refractivity contribution in [3.8, 4) is 11.5 Å². The number of ether oxygens (including phenoxy) is 1. The SMILES string of the molecule is COc1cc(O)ccc1[C@H]1C2=CC[C@@H]3C(=O)N(Cc4cccs4)C(=O)[C@@H]3[C@@H]2CC2=C1C(=O)C(C)=CC2=O. The van der Waals surface area contributed by atoms with Crippen molar-refractivity contribution in [3.63, 3.8) is 0 Å². The zero-order valence-corrected chi connectivity index (χ0v) is 21.2. The maximum Gasteiger partial charge on any atom is 0.234 e. The molecular weight excluding hydrogens is 490 g/mol. The number of benzene rings is 1. The molecule has 2 amide bonds. The molecule has 6 rings (SSSR count). The number of Topliss-reactive ketones (excluding diaryl/α,β-unsaturated/α-hetero) is 1. The highest BCUT2D eigenvalue weighted by atomic mass is 32.1. The van der Waals surface area contributed by atoms with Crippen molar-refractivity contribution in [2.75, 3.05) is 7.11 Å². The maximum atomic E-state index is 13.7. The highest BCUT2D eigenvalue weighted by Crippen LogP contribution is 2.56. The number of methoxy groups -OCH3 is 1. The third-order valence-electron chi connectivity index (χ3n) is 8.08. The van der Waals surface area contributed by atoms with Gasteiger partial charge in [0.2, 0.25) is 11.8 Å². The minimum absolute atomic E-state index is 0.0164. The topological polar surface area (TPSA) is 101 Å². The highest BCUT2D eigenvalue weighted by Gasteiger charge is 2.56. The van der Waals surface area contributed by atoms with Gasteiger partial charge in [0, 0.05) is 39.1 Å². The standard InChI is InChI=1S/C29H25NO6S/c1-14-10-22(32)21-12-20-17(24(26(21)27(14)33)18-6-5-15(31)11-23(18)36-2)7-8-19-25(20)29(35)30(28(19)34)13-16-4-3-9-37-16/h3-7,9-11,19-20,24-25,31H,8,12-13H2,1-2H3/t19-,20+,24+,25-/m0/s1. The number of phenols is 1. The largest absolute Gasteiger partial charge is 0.508 e. The number of thiophene rings is 1. The van der Waals surface area contributed by atoms with Gasteiger partial charge in [-0.05, 0) is 49.3 Å². The Hall–Kier alpha value is -3.78. The fourth-order valence-corrected chi connectivity index (χ4v) is 7.13. The van der Waals surface area contributed by atoms with Crippen molar-refractivity contribution in [2.24, 2.45) is 17.8 Å². The lowest BCUT2D eigenvalue weighted by Crippen LogP contribution is -2.39. The van der Waals surface area contributed by atoms with E-state index in [0.29, 0.717) is 34.5 Å². The van der Waals surface area contributed by atoms with Gasteiger partial charge in [-0.25, -0.2) is 0 Å². The number of hydrogen-bond donors (Lipinski definition) is 1. The van der Waals surface area contributed by atoms with Crippen LogP contribution < -0.4 is 4.74 Å². The van der Waals surface area contributed by atoms with Crippen LogP contribution in [0.5, 0.6) is 11.5 Å². The average molecular weight is 516 g/mol. The quantitative estimate of drug-likeness (QED) is 0.374. The molecule has 1 aromatic carbocycles. The predicted molar refractivity (Wildman–Crippen MR) is 136 cm³/mol. The number of fused-ring (bicyclic) bond motifs is 3. The van der Waals surface area contributed by atoms with Gasteiger partial charge < -0.3 is 9.84 Å². The molecule has 1 aliphatic heterocycles.